The second-order valence-electron chi connectivity index (χ2n) is 5.98. The van der Waals surface area contributed by atoms with Crippen molar-refractivity contribution in [2.45, 2.75) is 12.5 Å². The van der Waals surface area contributed by atoms with Crippen LogP contribution in [0.25, 0.3) is 16.9 Å². The Morgan fingerprint density at radius 1 is 1.31 bits per heavy atom. The van der Waals surface area contributed by atoms with Crippen LogP contribution >= 0.6 is 0 Å². The topological polar surface area (TPSA) is 121 Å². The summed E-state index contributed by atoms with van der Waals surface area (Å²) in [6.07, 6.45) is 5.92. The summed E-state index contributed by atoms with van der Waals surface area (Å²) < 4.78 is 6.81. The van der Waals surface area contributed by atoms with E-state index in [-0.39, 0.29) is 17.9 Å². The normalized spacial score (nSPS) is 19.0. The first-order valence-electron chi connectivity index (χ1n) is 8.11. The standard InChI is InChI=1S/C17H17N7O2/c1-26-13-6-4-12(5-7-13)24-16-14(22-23-24)9-19-17(21-16)20-11-3-2-10(8-11)15(18)25/h2-7,9-11H,8H2,1H3,(H2,18,25)(H,19,20,21)/t10-,11-/m1/s1. The summed E-state index contributed by atoms with van der Waals surface area (Å²) in [7, 11) is 1.62. The number of methoxy groups -OCH3 is 1. The van der Waals surface area contributed by atoms with Crippen LogP contribution in [0, 0.1) is 5.92 Å². The molecule has 1 amide bonds. The minimum atomic E-state index is -0.330. The highest BCUT2D eigenvalue weighted by Gasteiger charge is 2.23. The maximum Gasteiger partial charge on any atom is 0.225 e. The average Bonchev–Trinajstić information content (AvgIpc) is 3.29. The summed E-state index contributed by atoms with van der Waals surface area (Å²) >= 11 is 0. The number of hydrogen-bond donors (Lipinski definition) is 2. The minimum Gasteiger partial charge on any atom is -0.497 e. The van der Waals surface area contributed by atoms with E-state index in [2.05, 4.69) is 25.6 Å². The van der Waals surface area contributed by atoms with Gasteiger partial charge in [-0.3, -0.25) is 4.79 Å². The predicted molar refractivity (Wildman–Crippen MR) is 94.9 cm³/mol. The summed E-state index contributed by atoms with van der Waals surface area (Å²) in [5, 5.41) is 11.4. The third-order valence-corrected chi connectivity index (χ3v) is 4.27. The highest BCUT2D eigenvalue weighted by Crippen LogP contribution is 2.22. The second-order valence-corrected chi connectivity index (χ2v) is 5.98. The highest BCUT2D eigenvalue weighted by atomic mass is 16.5. The molecule has 1 aromatic carbocycles. The molecule has 2 heterocycles. The molecule has 0 aliphatic heterocycles. The number of nitrogens with one attached hydrogen (secondary N) is 1. The van der Waals surface area contributed by atoms with Crippen LogP contribution in [-0.2, 0) is 4.79 Å². The monoisotopic (exact) mass is 351 g/mol. The van der Waals surface area contributed by atoms with Crippen molar-refractivity contribution in [1.82, 2.24) is 25.0 Å². The van der Waals surface area contributed by atoms with Gasteiger partial charge in [-0.2, -0.15) is 9.67 Å². The Kier molecular flexibility index (Phi) is 3.96. The van der Waals surface area contributed by atoms with Crippen molar-refractivity contribution in [2.24, 2.45) is 11.7 Å². The van der Waals surface area contributed by atoms with E-state index in [1.54, 1.807) is 18.0 Å². The number of benzene rings is 1. The maximum atomic E-state index is 11.3. The van der Waals surface area contributed by atoms with E-state index in [1.165, 1.54) is 0 Å². The van der Waals surface area contributed by atoms with Crippen molar-refractivity contribution in [1.29, 1.82) is 0 Å². The lowest BCUT2D eigenvalue weighted by molar-refractivity contribution is -0.120. The van der Waals surface area contributed by atoms with Gasteiger partial charge in [0.2, 0.25) is 11.9 Å². The lowest BCUT2D eigenvalue weighted by Crippen LogP contribution is -2.24. The summed E-state index contributed by atoms with van der Waals surface area (Å²) in [6, 6.07) is 7.39. The molecular formula is C17H17N7O2. The van der Waals surface area contributed by atoms with Crippen LogP contribution in [0.3, 0.4) is 0 Å². The number of anilines is 1. The van der Waals surface area contributed by atoms with Crippen molar-refractivity contribution in [3.63, 3.8) is 0 Å². The Balaban J connectivity index is 1.60. The van der Waals surface area contributed by atoms with Crippen molar-refractivity contribution < 1.29 is 9.53 Å². The zero-order valence-corrected chi connectivity index (χ0v) is 14.0. The van der Waals surface area contributed by atoms with Crippen molar-refractivity contribution in [3.05, 3.63) is 42.6 Å². The van der Waals surface area contributed by atoms with E-state index in [0.717, 1.165) is 11.4 Å². The Hall–Kier alpha value is -3.49. The van der Waals surface area contributed by atoms with Crippen molar-refractivity contribution in [3.8, 4) is 11.4 Å². The van der Waals surface area contributed by atoms with Crippen LogP contribution in [0.5, 0.6) is 5.75 Å². The van der Waals surface area contributed by atoms with Gasteiger partial charge >= 0.3 is 0 Å². The number of hydrogen-bond acceptors (Lipinski definition) is 7. The van der Waals surface area contributed by atoms with Crippen LogP contribution < -0.4 is 15.8 Å². The van der Waals surface area contributed by atoms with Crippen molar-refractivity contribution >= 4 is 23.0 Å². The van der Waals surface area contributed by atoms with Gasteiger partial charge in [0.25, 0.3) is 0 Å². The SMILES string of the molecule is COc1ccc(-n2nnc3cnc(N[C@@H]4C=C[C@@H](C(N)=O)C4)nc32)cc1. The first-order valence-corrected chi connectivity index (χ1v) is 8.11. The van der Waals surface area contributed by atoms with Gasteiger partial charge in [-0.05, 0) is 30.7 Å². The molecule has 9 heteroatoms. The molecule has 0 unspecified atom stereocenters. The summed E-state index contributed by atoms with van der Waals surface area (Å²) in [4.78, 5) is 20.1. The van der Waals surface area contributed by atoms with Crippen LogP contribution in [0.1, 0.15) is 6.42 Å². The highest BCUT2D eigenvalue weighted by molar-refractivity contribution is 5.79. The molecule has 9 nitrogen and oxygen atoms in total. The smallest absolute Gasteiger partial charge is 0.225 e. The zero-order chi connectivity index (χ0) is 18.1. The fraction of sp³-hybridized carbons (Fsp3) is 0.235. The van der Waals surface area contributed by atoms with Crippen LogP contribution in [0.2, 0.25) is 0 Å². The number of carbonyl (C=O) groups excluding carboxylic acids is 1. The van der Waals surface area contributed by atoms with Gasteiger partial charge in [-0.15, -0.1) is 5.10 Å². The van der Waals surface area contributed by atoms with Gasteiger partial charge in [-0.25, -0.2) is 4.98 Å². The number of fused-ring (bicyclic) bond motifs is 1. The maximum absolute atomic E-state index is 11.3. The zero-order valence-electron chi connectivity index (χ0n) is 14.0. The summed E-state index contributed by atoms with van der Waals surface area (Å²) in [5.41, 5.74) is 7.32. The lowest BCUT2D eigenvalue weighted by Gasteiger charge is -2.12. The van der Waals surface area contributed by atoms with Crippen LogP contribution in [-0.4, -0.2) is 44.0 Å². The van der Waals surface area contributed by atoms with E-state index in [1.807, 2.05) is 36.4 Å². The van der Waals surface area contributed by atoms with E-state index in [0.29, 0.717) is 23.5 Å². The van der Waals surface area contributed by atoms with Crippen LogP contribution in [0.15, 0.2) is 42.6 Å². The summed E-state index contributed by atoms with van der Waals surface area (Å²) in [6.45, 7) is 0. The first kappa shape index (κ1) is 16.0. The molecular weight excluding hydrogens is 334 g/mol. The molecule has 1 aliphatic rings. The van der Waals surface area contributed by atoms with Crippen LogP contribution in [0.4, 0.5) is 5.95 Å². The van der Waals surface area contributed by atoms with E-state index >= 15 is 0 Å². The average molecular weight is 351 g/mol. The number of carbonyl (C=O) groups is 1. The number of aromatic nitrogens is 5. The van der Waals surface area contributed by atoms with Crippen molar-refractivity contribution in [2.75, 3.05) is 12.4 Å². The number of rotatable bonds is 5. The molecule has 1 aliphatic carbocycles. The van der Waals surface area contributed by atoms with Gasteiger partial charge < -0.3 is 15.8 Å². The molecule has 132 valence electrons. The first-order chi connectivity index (χ1) is 12.6. The van der Waals surface area contributed by atoms with Gasteiger partial charge in [-0.1, -0.05) is 17.4 Å². The Bertz CT molecular complexity index is 980. The van der Waals surface area contributed by atoms with Gasteiger partial charge in [0.15, 0.2) is 11.2 Å². The van der Waals surface area contributed by atoms with E-state index in [9.17, 15) is 4.79 Å². The fourth-order valence-corrected chi connectivity index (χ4v) is 2.88. The molecule has 26 heavy (non-hydrogen) atoms. The molecule has 2 aromatic heterocycles. The Morgan fingerprint density at radius 2 is 2.12 bits per heavy atom. The van der Waals surface area contributed by atoms with Gasteiger partial charge in [0.1, 0.15) is 5.75 Å². The molecule has 0 radical (unpaired) electrons. The van der Waals surface area contributed by atoms with Gasteiger partial charge in [0.05, 0.1) is 24.9 Å². The third kappa shape index (κ3) is 2.94. The Labute approximate surface area is 148 Å². The van der Waals surface area contributed by atoms with Gasteiger partial charge in [0, 0.05) is 6.04 Å². The number of nitrogens with two attached hydrogens (primary N) is 1. The minimum absolute atomic E-state index is 0.0460. The van der Waals surface area contributed by atoms with E-state index in [4.69, 9.17) is 10.5 Å². The fourth-order valence-electron chi connectivity index (χ4n) is 2.88. The molecule has 0 saturated heterocycles. The third-order valence-electron chi connectivity index (χ3n) is 4.27. The molecule has 0 bridgehead atoms. The van der Waals surface area contributed by atoms with E-state index < -0.39 is 0 Å². The molecule has 3 aromatic rings. The molecule has 0 fully saturated rings. The molecule has 4 rings (SSSR count). The number of primary amides is 1. The summed E-state index contributed by atoms with van der Waals surface area (Å²) in [5.74, 6) is 0.605. The predicted octanol–water partition coefficient (Wildman–Crippen LogP) is 1.06. The largest absolute Gasteiger partial charge is 0.497 e. The molecule has 0 saturated carbocycles. The second kappa shape index (κ2) is 6.43. The number of ether oxygens (including phenoxy) is 1. The number of amides is 1. The molecule has 0 spiro atoms. The lowest BCUT2D eigenvalue weighted by atomic mass is 10.1. The molecule has 3 N–H and O–H groups in total. The Morgan fingerprint density at radius 3 is 2.81 bits per heavy atom. The quantitative estimate of drug-likeness (QED) is 0.659. The number of nitrogens with zero attached hydrogens (tertiary/aromatic N) is 5. The molecule has 2 atom stereocenters.